The lowest BCUT2D eigenvalue weighted by atomic mass is 9.68. The molecule has 192 valence electrons. The first-order valence-corrected chi connectivity index (χ1v) is 13.8. The van der Waals surface area contributed by atoms with Crippen LogP contribution < -0.4 is 5.73 Å². The molecule has 2 aliphatic rings. The number of amides is 3. The van der Waals surface area contributed by atoms with Gasteiger partial charge in [0.1, 0.15) is 0 Å². The lowest BCUT2D eigenvalue weighted by Gasteiger charge is -2.44. The molecule has 2 heterocycles. The third kappa shape index (κ3) is 5.03. The van der Waals surface area contributed by atoms with Crippen molar-refractivity contribution in [3.8, 4) is 0 Å². The summed E-state index contributed by atoms with van der Waals surface area (Å²) in [5, 5.41) is 0. The normalized spacial score (nSPS) is 23.2. The van der Waals surface area contributed by atoms with Crippen LogP contribution in [-0.2, 0) is 20.1 Å². The SMILES string of the molecule is CN1C[C@@H](c2ccccc2)[C@@]2(CCCN(C(=O)[C@@H](CSCc3ccccc3)C(C)(C)C(N)=O)C2)C1=O. The first-order chi connectivity index (χ1) is 17.2. The predicted octanol–water partition coefficient (Wildman–Crippen LogP) is 3.91. The molecule has 0 radical (unpaired) electrons. The number of hydrogen-bond donors (Lipinski definition) is 1. The van der Waals surface area contributed by atoms with Crippen molar-refractivity contribution in [2.45, 2.75) is 38.4 Å². The lowest BCUT2D eigenvalue weighted by Crippen LogP contribution is -2.55. The summed E-state index contributed by atoms with van der Waals surface area (Å²) in [5.74, 6) is 0.258. The molecule has 0 saturated carbocycles. The minimum atomic E-state index is -0.999. The largest absolute Gasteiger partial charge is 0.369 e. The van der Waals surface area contributed by atoms with Gasteiger partial charge in [0.2, 0.25) is 17.7 Å². The molecule has 2 aliphatic heterocycles. The molecule has 4 rings (SSSR count). The van der Waals surface area contributed by atoms with Crippen LogP contribution in [0.1, 0.15) is 43.7 Å². The number of likely N-dealkylation sites (N-methyl/N-ethyl adjacent to an activating group) is 1. The Morgan fingerprint density at radius 1 is 1.11 bits per heavy atom. The van der Waals surface area contributed by atoms with E-state index >= 15 is 0 Å². The van der Waals surface area contributed by atoms with E-state index in [1.807, 2.05) is 53.2 Å². The number of carbonyl (C=O) groups excluding carboxylic acids is 3. The molecule has 2 aromatic carbocycles. The summed E-state index contributed by atoms with van der Waals surface area (Å²) in [6.45, 7) is 5.15. The monoisotopic (exact) mass is 507 g/mol. The zero-order chi connectivity index (χ0) is 25.9. The van der Waals surface area contributed by atoms with Gasteiger partial charge >= 0.3 is 0 Å². The molecule has 3 amide bonds. The zero-order valence-electron chi connectivity index (χ0n) is 21.5. The van der Waals surface area contributed by atoms with Gasteiger partial charge in [-0.2, -0.15) is 11.8 Å². The Labute approximate surface area is 218 Å². The first kappa shape index (κ1) is 26.3. The van der Waals surface area contributed by atoms with Crippen molar-refractivity contribution in [3.05, 3.63) is 71.8 Å². The van der Waals surface area contributed by atoms with Gasteiger partial charge < -0.3 is 15.5 Å². The molecule has 2 saturated heterocycles. The fourth-order valence-corrected chi connectivity index (χ4v) is 7.09. The van der Waals surface area contributed by atoms with Gasteiger partial charge in [-0.3, -0.25) is 14.4 Å². The standard InChI is InChI=1S/C29H37N3O3S/c1-28(2,26(30)34)24(19-36-18-21-11-6-4-7-12-21)25(33)32-16-10-15-29(20-32)23(17-31(3)27(29)35)22-13-8-5-9-14-22/h4-9,11-14,23-24H,10,15-20H2,1-3H3,(H2,30,34)/t23-,24+,29-/m0/s1. The molecule has 0 aliphatic carbocycles. The van der Waals surface area contributed by atoms with Crippen LogP contribution in [0, 0.1) is 16.7 Å². The van der Waals surface area contributed by atoms with E-state index in [0.29, 0.717) is 25.4 Å². The van der Waals surface area contributed by atoms with Crippen molar-refractivity contribution in [1.82, 2.24) is 9.80 Å². The Kier molecular flexibility index (Phi) is 7.79. The molecule has 2 fully saturated rings. The number of hydrogen-bond acceptors (Lipinski definition) is 4. The summed E-state index contributed by atoms with van der Waals surface area (Å²) < 4.78 is 0. The van der Waals surface area contributed by atoms with E-state index in [2.05, 4.69) is 24.3 Å². The number of nitrogens with zero attached hydrogens (tertiary/aromatic N) is 2. The van der Waals surface area contributed by atoms with Gasteiger partial charge in [-0.05, 0) is 24.0 Å². The van der Waals surface area contributed by atoms with Gasteiger partial charge in [-0.25, -0.2) is 0 Å². The van der Waals surface area contributed by atoms with E-state index in [1.165, 1.54) is 5.56 Å². The number of carbonyl (C=O) groups is 3. The third-order valence-corrected chi connectivity index (χ3v) is 9.24. The van der Waals surface area contributed by atoms with Crippen LogP contribution in [0.15, 0.2) is 60.7 Å². The molecule has 7 heteroatoms. The molecule has 0 unspecified atom stereocenters. The van der Waals surface area contributed by atoms with Crippen molar-refractivity contribution >= 4 is 29.5 Å². The molecule has 1 spiro atoms. The van der Waals surface area contributed by atoms with Crippen LogP contribution in [0.25, 0.3) is 0 Å². The summed E-state index contributed by atoms with van der Waals surface area (Å²) in [4.78, 5) is 43.7. The van der Waals surface area contributed by atoms with Crippen molar-refractivity contribution < 1.29 is 14.4 Å². The molecule has 0 aromatic heterocycles. The van der Waals surface area contributed by atoms with Crippen molar-refractivity contribution in [1.29, 1.82) is 0 Å². The van der Waals surface area contributed by atoms with Gasteiger partial charge in [0.15, 0.2) is 0 Å². The second-order valence-corrected chi connectivity index (χ2v) is 11.8. The average Bonchev–Trinajstić information content (AvgIpc) is 3.12. The highest BCUT2D eigenvalue weighted by Crippen LogP contribution is 2.49. The van der Waals surface area contributed by atoms with E-state index < -0.39 is 22.7 Å². The maximum atomic E-state index is 14.0. The number of likely N-dealkylation sites (tertiary alicyclic amines) is 2. The van der Waals surface area contributed by atoms with Crippen LogP contribution in [0.2, 0.25) is 0 Å². The Bertz CT molecular complexity index is 1090. The van der Waals surface area contributed by atoms with Crippen molar-refractivity contribution in [2.24, 2.45) is 22.5 Å². The zero-order valence-corrected chi connectivity index (χ0v) is 22.3. The molecule has 36 heavy (non-hydrogen) atoms. The van der Waals surface area contributed by atoms with E-state index in [1.54, 1.807) is 25.6 Å². The summed E-state index contributed by atoms with van der Waals surface area (Å²) in [6, 6.07) is 20.3. The Morgan fingerprint density at radius 2 is 1.75 bits per heavy atom. The molecule has 6 nitrogen and oxygen atoms in total. The topological polar surface area (TPSA) is 83.7 Å². The van der Waals surface area contributed by atoms with E-state index in [9.17, 15) is 14.4 Å². The summed E-state index contributed by atoms with van der Waals surface area (Å²) in [7, 11) is 1.85. The second kappa shape index (κ2) is 10.7. The van der Waals surface area contributed by atoms with E-state index in [4.69, 9.17) is 5.73 Å². The minimum absolute atomic E-state index is 0.0295. The van der Waals surface area contributed by atoms with Crippen LogP contribution in [0.5, 0.6) is 0 Å². The molecule has 2 aromatic rings. The number of benzene rings is 2. The second-order valence-electron chi connectivity index (χ2n) is 10.8. The Morgan fingerprint density at radius 3 is 2.39 bits per heavy atom. The molecular weight excluding hydrogens is 470 g/mol. The predicted molar refractivity (Wildman–Crippen MR) is 144 cm³/mol. The Balaban J connectivity index is 1.57. The molecule has 0 bridgehead atoms. The first-order valence-electron chi connectivity index (χ1n) is 12.7. The number of nitrogens with two attached hydrogens (primary N) is 1. The molecule has 2 N–H and O–H groups in total. The maximum absolute atomic E-state index is 14.0. The third-order valence-electron chi connectivity index (χ3n) is 8.13. The van der Waals surface area contributed by atoms with Crippen LogP contribution in [0.4, 0.5) is 0 Å². The van der Waals surface area contributed by atoms with Crippen LogP contribution in [0.3, 0.4) is 0 Å². The summed E-state index contributed by atoms with van der Waals surface area (Å²) in [6.07, 6.45) is 1.52. The quantitative estimate of drug-likeness (QED) is 0.587. The molecular formula is C29H37N3O3S. The highest BCUT2D eigenvalue weighted by Gasteiger charge is 2.56. The minimum Gasteiger partial charge on any atom is -0.369 e. The van der Waals surface area contributed by atoms with E-state index in [0.717, 1.165) is 24.2 Å². The Hall–Kier alpha value is -2.80. The number of primary amides is 1. The van der Waals surface area contributed by atoms with Crippen LogP contribution in [-0.4, -0.2) is 60.0 Å². The lowest BCUT2D eigenvalue weighted by molar-refractivity contribution is -0.150. The van der Waals surface area contributed by atoms with Gasteiger partial charge in [0.05, 0.1) is 16.7 Å². The fraction of sp³-hybridized carbons (Fsp3) is 0.483. The van der Waals surface area contributed by atoms with Crippen molar-refractivity contribution in [2.75, 3.05) is 32.4 Å². The van der Waals surface area contributed by atoms with Gasteiger partial charge in [0, 0.05) is 44.1 Å². The number of rotatable bonds is 8. The van der Waals surface area contributed by atoms with Gasteiger partial charge in [-0.15, -0.1) is 0 Å². The van der Waals surface area contributed by atoms with Crippen molar-refractivity contribution in [3.63, 3.8) is 0 Å². The average molecular weight is 508 g/mol. The maximum Gasteiger partial charge on any atom is 0.231 e. The number of piperidine rings is 1. The van der Waals surface area contributed by atoms with Gasteiger partial charge in [0.25, 0.3) is 0 Å². The fourth-order valence-electron chi connectivity index (χ4n) is 5.75. The van der Waals surface area contributed by atoms with Gasteiger partial charge in [-0.1, -0.05) is 74.5 Å². The smallest absolute Gasteiger partial charge is 0.231 e. The summed E-state index contributed by atoms with van der Waals surface area (Å²) in [5.41, 5.74) is 6.47. The van der Waals surface area contributed by atoms with Crippen LogP contribution >= 0.6 is 11.8 Å². The highest BCUT2D eigenvalue weighted by molar-refractivity contribution is 7.98. The summed E-state index contributed by atoms with van der Waals surface area (Å²) >= 11 is 1.64. The number of thioether (sulfide) groups is 1. The van der Waals surface area contributed by atoms with E-state index in [-0.39, 0.29) is 17.7 Å². The molecule has 3 atom stereocenters. The highest BCUT2D eigenvalue weighted by atomic mass is 32.2.